The Balaban J connectivity index is 1.97. The van der Waals surface area contributed by atoms with Crippen molar-refractivity contribution in [3.05, 3.63) is 70.5 Å². The van der Waals surface area contributed by atoms with Gasteiger partial charge in [0, 0.05) is 22.0 Å². The Hall–Kier alpha value is -2.57. The molecule has 0 radical (unpaired) electrons. The van der Waals surface area contributed by atoms with Crippen LogP contribution in [0.2, 0.25) is 0 Å². The van der Waals surface area contributed by atoms with E-state index in [-0.39, 0.29) is 36.7 Å². The number of allylic oxidation sites excluding steroid dienone is 2. The van der Waals surface area contributed by atoms with Gasteiger partial charge in [-0.3, -0.25) is 9.00 Å². The predicted molar refractivity (Wildman–Crippen MR) is 124 cm³/mol. The second kappa shape index (κ2) is 9.71. The number of carbonyl (C=O) groups is 1. The van der Waals surface area contributed by atoms with Crippen LogP contribution in [0.15, 0.2) is 52.9 Å². The van der Waals surface area contributed by atoms with Gasteiger partial charge in [-0.2, -0.15) is 0 Å². The van der Waals surface area contributed by atoms with Gasteiger partial charge < -0.3 is 10.4 Å². The molecule has 0 saturated heterocycles. The van der Waals surface area contributed by atoms with Crippen molar-refractivity contribution in [1.29, 1.82) is 0 Å². The van der Waals surface area contributed by atoms with Crippen molar-refractivity contribution in [2.75, 3.05) is 12.9 Å². The second-order valence-corrected chi connectivity index (χ2v) is 9.53. The number of aliphatic hydroxyl groups is 1. The summed E-state index contributed by atoms with van der Waals surface area (Å²) in [6, 6.07) is 11.8. The van der Waals surface area contributed by atoms with Gasteiger partial charge in [0.15, 0.2) is 0 Å². The third kappa shape index (κ3) is 5.20. The van der Waals surface area contributed by atoms with Gasteiger partial charge in [0.25, 0.3) is 0 Å². The maximum absolute atomic E-state index is 14.0. The number of hydrogen-bond acceptors (Lipinski definition) is 3. The molecule has 2 aromatic rings. The van der Waals surface area contributed by atoms with Crippen molar-refractivity contribution in [3.63, 3.8) is 0 Å². The Morgan fingerprint density at radius 1 is 1.16 bits per heavy atom. The molecule has 2 atom stereocenters. The molecule has 1 aliphatic rings. The van der Waals surface area contributed by atoms with Crippen LogP contribution in [-0.2, 0) is 15.6 Å². The molecule has 31 heavy (non-hydrogen) atoms. The van der Waals surface area contributed by atoms with Crippen LogP contribution in [0.1, 0.15) is 43.9 Å². The van der Waals surface area contributed by atoms with Crippen LogP contribution in [0.5, 0.6) is 0 Å². The zero-order valence-electron chi connectivity index (χ0n) is 18.2. The average Bonchev–Trinajstić information content (AvgIpc) is 2.97. The van der Waals surface area contributed by atoms with E-state index in [0.29, 0.717) is 0 Å². The Kier molecular flexibility index (Phi) is 7.23. The Labute approximate surface area is 185 Å². The molecule has 4 nitrogen and oxygen atoms in total. The number of aliphatic hydroxyl groups excluding tert-OH is 1. The Morgan fingerprint density at radius 3 is 2.42 bits per heavy atom. The van der Waals surface area contributed by atoms with Gasteiger partial charge in [0.05, 0.1) is 19.1 Å². The number of amides is 1. The molecular weight excluding hydrogens is 413 g/mol. The standard InChI is InChI=1S/C25H28FNO3S/c1-15(2)24(14-28)27-25(29)13-22-16(3)21(20-10-7-18(26)12-23(20)22)11-17-5-8-19(9-6-17)31(4)30/h5-12,15,24,28H,13-14H2,1-4H3,(H,27,29)/b21-11+/t24-,31-/m1/s1. The number of rotatable bonds is 7. The highest BCUT2D eigenvalue weighted by Crippen LogP contribution is 2.43. The summed E-state index contributed by atoms with van der Waals surface area (Å²) in [5.74, 6) is -0.447. The lowest BCUT2D eigenvalue weighted by atomic mass is 10.0. The molecule has 164 valence electrons. The minimum atomic E-state index is -1.04. The lowest BCUT2D eigenvalue weighted by molar-refractivity contribution is -0.121. The first-order chi connectivity index (χ1) is 14.7. The SMILES string of the molecule is CC1=C(CC(=O)N[C@H](CO)C(C)C)c2cc(F)ccc2/C1=C/c1ccc([S@@](C)=O)cc1. The highest BCUT2D eigenvalue weighted by Gasteiger charge is 2.26. The van der Waals surface area contributed by atoms with Gasteiger partial charge in [-0.25, -0.2) is 4.39 Å². The molecule has 2 N–H and O–H groups in total. The zero-order chi connectivity index (χ0) is 22.7. The lowest BCUT2D eigenvalue weighted by Crippen LogP contribution is -2.41. The maximum Gasteiger partial charge on any atom is 0.224 e. The number of halogens is 1. The number of carbonyl (C=O) groups excluding carboxylic acids is 1. The second-order valence-electron chi connectivity index (χ2n) is 8.15. The fourth-order valence-electron chi connectivity index (χ4n) is 3.75. The van der Waals surface area contributed by atoms with Crippen molar-refractivity contribution in [2.24, 2.45) is 5.92 Å². The summed E-state index contributed by atoms with van der Waals surface area (Å²) in [6.07, 6.45) is 3.75. The largest absolute Gasteiger partial charge is 0.394 e. The molecule has 0 fully saturated rings. The van der Waals surface area contributed by atoms with E-state index in [1.165, 1.54) is 12.1 Å². The van der Waals surface area contributed by atoms with Crippen molar-refractivity contribution in [2.45, 2.75) is 38.1 Å². The summed E-state index contributed by atoms with van der Waals surface area (Å²) >= 11 is 0. The number of hydrogen-bond donors (Lipinski definition) is 2. The fraction of sp³-hybridized carbons (Fsp3) is 0.320. The molecule has 0 bridgehead atoms. The minimum absolute atomic E-state index is 0.105. The predicted octanol–water partition coefficient (Wildman–Crippen LogP) is 4.41. The summed E-state index contributed by atoms with van der Waals surface area (Å²) < 4.78 is 25.7. The number of benzene rings is 2. The Bertz CT molecular complexity index is 1070. The summed E-state index contributed by atoms with van der Waals surface area (Å²) in [6.45, 7) is 5.68. The first kappa shape index (κ1) is 23.1. The van der Waals surface area contributed by atoms with Crippen LogP contribution in [0.3, 0.4) is 0 Å². The van der Waals surface area contributed by atoms with Crippen LogP contribution in [0, 0.1) is 11.7 Å². The van der Waals surface area contributed by atoms with E-state index in [1.54, 1.807) is 12.3 Å². The molecule has 2 aromatic carbocycles. The summed E-state index contributed by atoms with van der Waals surface area (Å²) in [5, 5.41) is 12.4. The molecule has 1 aliphatic carbocycles. The molecule has 1 amide bonds. The molecule has 0 heterocycles. The molecular formula is C25H28FNO3S. The average molecular weight is 442 g/mol. The molecule has 0 saturated carbocycles. The van der Waals surface area contributed by atoms with E-state index in [0.717, 1.165) is 38.3 Å². The fourth-order valence-corrected chi connectivity index (χ4v) is 4.26. The lowest BCUT2D eigenvalue weighted by Gasteiger charge is -2.20. The van der Waals surface area contributed by atoms with Crippen molar-refractivity contribution in [3.8, 4) is 0 Å². The van der Waals surface area contributed by atoms with Gasteiger partial charge in [0.1, 0.15) is 5.82 Å². The Morgan fingerprint density at radius 2 is 1.84 bits per heavy atom. The van der Waals surface area contributed by atoms with Gasteiger partial charge in [-0.15, -0.1) is 0 Å². The van der Waals surface area contributed by atoms with Crippen LogP contribution in [-0.4, -0.2) is 34.1 Å². The number of nitrogens with one attached hydrogen (secondary N) is 1. The van der Waals surface area contributed by atoms with Crippen molar-refractivity contribution < 1.29 is 18.5 Å². The van der Waals surface area contributed by atoms with Crippen molar-refractivity contribution >= 4 is 33.9 Å². The topological polar surface area (TPSA) is 66.4 Å². The summed E-state index contributed by atoms with van der Waals surface area (Å²) in [7, 11) is -1.04. The van der Waals surface area contributed by atoms with E-state index in [4.69, 9.17) is 0 Å². The van der Waals surface area contributed by atoms with Gasteiger partial charge >= 0.3 is 0 Å². The van der Waals surface area contributed by atoms with E-state index in [2.05, 4.69) is 5.32 Å². The van der Waals surface area contributed by atoms with E-state index < -0.39 is 10.8 Å². The molecule has 6 heteroatoms. The van der Waals surface area contributed by atoms with Crippen LogP contribution in [0.4, 0.5) is 4.39 Å². The first-order valence-electron chi connectivity index (χ1n) is 10.3. The minimum Gasteiger partial charge on any atom is -0.394 e. The summed E-state index contributed by atoms with van der Waals surface area (Å²) in [4.78, 5) is 13.4. The highest BCUT2D eigenvalue weighted by atomic mass is 32.2. The first-order valence-corrected chi connectivity index (χ1v) is 11.8. The molecule has 0 aromatic heterocycles. The van der Waals surface area contributed by atoms with Gasteiger partial charge in [-0.1, -0.05) is 32.0 Å². The van der Waals surface area contributed by atoms with E-state index >= 15 is 0 Å². The monoisotopic (exact) mass is 441 g/mol. The molecule has 3 rings (SSSR count). The van der Waals surface area contributed by atoms with E-state index in [1.807, 2.05) is 51.1 Å². The quantitative estimate of drug-likeness (QED) is 0.669. The van der Waals surface area contributed by atoms with Crippen LogP contribution < -0.4 is 5.32 Å². The number of fused-ring (bicyclic) bond motifs is 1. The van der Waals surface area contributed by atoms with Crippen LogP contribution >= 0.6 is 0 Å². The van der Waals surface area contributed by atoms with Crippen molar-refractivity contribution in [1.82, 2.24) is 5.32 Å². The third-order valence-corrected chi connectivity index (χ3v) is 6.60. The van der Waals surface area contributed by atoms with E-state index in [9.17, 15) is 18.5 Å². The van der Waals surface area contributed by atoms with Gasteiger partial charge in [0.2, 0.25) is 5.91 Å². The molecule has 0 aliphatic heterocycles. The molecule has 0 unspecified atom stereocenters. The third-order valence-electron chi connectivity index (χ3n) is 5.66. The van der Waals surface area contributed by atoms with Gasteiger partial charge in [-0.05, 0) is 76.6 Å². The zero-order valence-corrected chi connectivity index (χ0v) is 19.1. The smallest absolute Gasteiger partial charge is 0.224 e. The molecule has 0 spiro atoms. The normalized spacial score (nSPS) is 16.5. The maximum atomic E-state index is 14.0. The highest BCUT2D eigenvalue weighted by molar-refractivity contribution is 7.84. The van der Waals surface area contributed by atoms with Crippen LogP contribution in [0.25, 0.3) is 17.2 Å². The summed E-state index contributed by atoms with van der Waals surface area (Å²) in [5.41, 5.74) is 5.17.